The Kier molecular flexibility index (Phi) is 9.88. The van der Waals surface area contributed by atoms with E-state index in [0.717, 1.165) is 17.7 Å². The third-order valence-corrected chi connectivity index (χ3v) is 7.31. The van der Waals surface area contributed by atoms with Gasteiger partial charge in [-0.2, -0.15) is 0 Å². The van der Waals surface area contributed by atoms with Crippen LogP contribution in [0.25, 0.3) is 10.9 Å². The third kappa shape index (κ3) is 7.30. The molecule has 1 aromatic heterocycles. The molecule has 0 atom stereocenters. The van der Waals surface area contributed by atoms with Crippen molar-refractivity contribution in [3.63, 3.8) is 0 Å². The van der Waals surface area contributed by atoms with Gasteiger partial charge in [0.15, 0.2) is 0 Å². The van der Waals surface area contributed by atoms with Crippen molar-refractivity contribution in [2.45, 2.75) is 33.5 Å². The van der Waals surface area contributed by atoms with E-state index in [1.54, 1.807) is 43.3 Å². The van der Waals surface area contributed by atoms with Crippen LogP contribution in [0.15, 0.2) is 95.9 Å². The summed E-state index contributed by atoms with van der Waals surface area (Å²) in [6, 6.07) is 23.4. The zero-order valence-corrected chi connectivity index (χ0v) is 25.7. The molecule has 236 valence electrons. The first-order valence-electron chi connectivity index (χ1n) is 14.7. The Morgan fingerprint density at radius 1 is 0.891 bits per heavy atom. The van der Waals surface area contributed by atoms with Crippen molar-refractivity contribution < 1.29 is 27.8 Å². The molecular formula is C36H33F2N3O5. The van der Waals surface area contributed by atoms with Crippen LogP contribution in [0.2, 0.25) is 0 Å². The van der Waals surface area contributed by atoms with Gasteiger partial charge in [-0.25, -0.2) is 13.6 Å². The fourth-order valence-corrected chi connectivity index (χ4v) is 5.31. The number of fused-ring (bicyclic) bond motifs is 1. The maximum absolute atomic E-state index is 14.8. The van der Waals surface area contributed by atoms with Gasteiger partial charge in [0.25, 0.3) is 0 Å². The number of hydrogen-bond donors (Lipinski definition) is 1. The summed E-state index contributed by atoms with van der Waals surface area (Å²) in [5.74, 6) is -1.89. The van der Waals surface area contributed by atoms with E-state index in [2.05, 4.69) is 5.32 Å². The second-order valence-electron chi connectivity index (χ2n) is 10.8. The van der Waals surface area contributed by atoms with E-state index in [4.69, 9.17) is 9.47 Å². The molecule has 0 spiro atoms. The molecule has 0 radical (unpaired) electrons. The lowest BCUT2D eigenvalue weighted by Gasteiger charge is -2.22. The minimum atomic E-state index is -0.852. The summed E-state index contributed by atoms with van der Waals surface area (Å²) in [6.07, 6.45) is 1.28. The van der Waals surface area contributed by atoms with Gasteiger partial charge >= 0.3 is 5.97 Å². The molecule has 1 amide bonds. The first-order chi connectivity index (χ1) is 22.1. The SMILES string of the molecule is CCOC(=O)c1cn(Cc2c(F)cccc2F)c2ccc(Oc3cccc(NC(C)=O)c3)c(CN(C)Cc3ccccc3)c2c1=O. The Bertz CT molecular complexity index is 1940. The number of pyridine rings is 1. The summed E-state index contributed by atoms with van der Waals surface area (Å²) in [4.78, 5) is 40.8. The molecule has 1 N–H and O–H groups in total. The quantitative estimate of drug-likeness (QED) is 0.161. The second-order valence-corrected chi connectivity index (χ2v) is 10.8. The summed E-state index contributed by atoms with van der Waals surface area (Å²) in [5, 5.41) is 2.87. The molecule has 10 heteroatoms. The van der Waals surface area contributed by atoms with E-state index in [9.17, 15) is 23.2 Å². The molecule has 4 aromatic carbocycles. The van der Waals surface area contributed by atoms with Crippen LogP contribution in [0.1, 0.15) is 40.9 Å². The van der Waals surface area contributed by atoms with Crippen molar-refractivity contribution in [2.75, 3.05) is 19.0 Å². The Labute approximate surface area is 264 Å². The van der Waals surface area contributed by atoms with Crippen molar-refractivity contribution in [2.24, 2.45) is 0 Å². The molecule has 0 fully saturated rings. The zero-order chi connectivity index (χ0) is 32.8. The van der Waals surface area contributed by atoms with Crippen LogP contribution in [-0.4, -0.2) is 35.0 Å². The number of anilines is 1. The molecule has 46 heavy (non-hydrogen) atoms. The highest BCUT2D eigenvalue weighted by atomic mass is 19.1. The lowest BCUT2D eigenvalue weighted by molar-refractivity contribution is -0.114. The van der Waals surface area contributed by atoms with Gasteiger partial charge in [0.05, 0.1) is 24.1 Å². The molecule has 0 saturated heterocycles. The Morgan fingerprint density at radius 3 is 2.30 bits per heavy atom. The van der Waals surface area contributed by atoms with E-state index < -0.39 is 23.0 Å². The molecule has 0 unspecified atom stereocenters. The van der Waals surface area contributed by atoms with Crippen molar-refractivity contribution in [3.8, 4) is 11.5 Å². The number of aromatic nitrogens is 1. The molecule has 5 aromatic rings. The van der Waals surface area contributed by atoms with Crippen LogP contribution in [0.4, 0.5) is 14.5 Å². The number of hydrogen-bond acceptors (Lipinski definition) is 6. The molecule has 0 bridgehead atoms. The van der Waals surface area contributed by atoms with Gasteiger partial charge in [0.2, 0.25) is 11.3 Å². The minimum Gasteiger partial charge on any atom is -0.462 e. The minimum absolute atomic E-state index is 0.0265. The van der Waals surface area contributed by atoms with Crippen LogP contribution in [0, 0.1) is 11.6 Å². The Balaban J connectivity index is 1.71. The first kappa shape index (κ1) is 32.1. The van der Waals surface area contributed by atoms with E-state index in [1.165, 1.54) is 23.8 Å². The second kappa shape index (κ2) is 14.2. The maximum Gasteiger partial charge on any atom is 0.343 e. The van der Waals surface area contributed by atoms with Gasteiger partial charge in [-0.3, -0.25) is 14.5 Å². The predicted molar refractivity (Wildman–Crippen MR) is 172 cm³/mol. The predicted octanol–water partition coefficient (Wildman–Crippen LogP) is 6.89. The van der Waals surface area contributed by atoms with E-state index >= 15 is 0 Å². The maximum atomic E-state index is 14.8. The average Bonchev–Trinajstić information content (AvgIpc) is 3.01. The van der Waals surface area contributed by atoms with Crippen LogP contribution in [0.3, 0.4) is 0 Å². The van der Waals surface area contributed by atoms with Crippen LogP contribution >= 0.6 is 0 Å². The first-order valence-corrected chi connectivity index (χ1v) is 14.7. The molecular weight excluding hydrogens is 592 g/mol. The summed E-state index contributed by atoms with van der Waals surface area (Å²) in [5.41, 5.74) is 1.27. The molecule has 0 saturated carbocycles. The lowest BCUT2D eigenvalue weighted by atomic mass is 10.0. The number of amides is 1. The summed E-state index contributed by atoms with van der Waals surface area (Å²) >= 11 is 0. The highest BCUT2D eigenvalue weighted by Gasteiger charge is 2.23. The average molecular weight is 626 g/mol. The summed E-state index contributed by atoms with van der Waals surface area (Å²) in [6.45, 7) is 3.50. The van der Waals surface area contributed by atoms with Crippen molar-refractivity contribution >= 4 is 28.5 Å². The number of halogens is 2. The van der Waals surface area contributed by atoms with Crippen LogP contribution in [-0.2, 0) is 29.2 Å². The molecule has 8 nitrogen and oxygen atoms in total. The fraction of sp³-hybridized carbons (Fsp3) is 0.194. The number of nitrogens with one attached hydrogen (secondary N) is 1. The Hall–Kier alpha value is -5.35. The third-order valence-electron chi connectivity index (χ3n) is 7.31. The summed E-state index contributed by atoms with van der Waals surface area (Å²) in [7, 11) is 1.88. The van der Waals surface area contributed by atoms with Gasteiger partial charge in [-0.1, -0.05) is 42.5 Å². The summed E-state index contributed by atoms with van der Waals surface area (Å²) < 4.78 is 42.6. The zero-order valence-electron chi connectivity index (χ0n) is 25.7. The molecule has 1 heterocycles. The number of carbonyl (C=O) groups excluding carboxylic acids is 2. The van der Waals surface area contributed by atoms with Crippen molar-refractivity contribution in [1.29, 1.82) is 0 Å². The standard InChI is InChI=1S/C36H33F2N3O5/c1-4-45-36(44)29-22-41(21-27-30(37)14-9-15-31(27)38)32-16-17-33(46-26-13-8-12-25(18-26)39-23(2)42)28(34(32)35(29)43)20-40(3)19-24-10-6-5-7-11-24/h5-18,22H,4,19-21H2,1-3H3,(H,39,42). The number of esters is 1. The molecule has 0 aliphatic rings. The molecule has 0 aliphatic carbocycles. The largest absolute Gasteiger partial charge is 0.462 e. The number of nitrogens with zero attached hydrogens (tertiary/aromatic N) is 2. The number of benzene rings is 4. The van der Waals surface area contributed by atoms with Crippen molar-refractivity contribution in [3.05, 3.63) is 135 Å². The monoisotopic (exact) mass is 625 g/mol. The van der Waals surface area contributed by atoms with Gasteiger partial charge in [-0.05, 0) is 55.9 Å². The normalized spacial score (nSPS) is 11.1. The van der Waals surface area contributed by atoms with Crippen molar-refractivity contribution in [1.82, 2.24) is 9.47 Å². The van der Waals surface area contributed by atoms with E-state index in [0.29, 0.717) is 34.8 Å². The Morgan fingerprint density at radius 2 is 1.61 bits per heavy atom. The smallest absolute Gasteiger partial charge is 0.343 e. The lowest BCUT2D eigenvalue weighted by Crippen LogP contribution is -2.24. The highest BCUT2D eigenvalue weighted by Crippen LogP contribution is 2.33. The van der Waals surface area contributed by atoms with Gasteiger partial charge in [-0.15, -0.1) is 0 Å². The van der Waals surface area contributed by atoms with E-state index in [1.807, 2.05) is 42.3 Å². The number of rotatable bonds is 11. The number of carbonyl (C=O) groups is 2. The molecule has 0 aliphatic heterocycles. The van der Waals surface area contributed by atoms with Crippen LogP contribution in [0.5, 0.6) is 11.5 Å². The molecule has 5 rings (SSSR count). The van der Waals surface area contributed by atoms with Crippen LogP contribution < -0.4 is 15.5 Å². The van der Waals surface area contributed by atoms with Gasteiger partial charge in [0, 0.05) is 49.1 Å². The van der Waals surface area contributed by atoms with E-state index in [-0.39, 0.29) is 42.1 Å². The number of ether oxygens (including phenoxy) is 2. The van der Waals surface area contributed by atoms with Gasteiger partial charge < -0.3 is 19.4 Å². The fourth-order valence-electron chi connectivity index (χ4n) is 5.31. The highest BCUT2D eigenvalue weighted by molar-refractivity contribution is 5.95. The topological polar surface area (TPSA) is 89.9 Å². The van der Waals surface area contributed by atoms with Gasteiger partial charge in [0.1, 0.15) is 28.7 Å².